The van der Waals surface area contributed by atoms with Gasteiger partial charge in [-0.3, -0.25) is 19.7 Å². The molecule has 0 saturated carbocycles. The Hall–Kier alpha value is -4.67. The molecule has 2 saturated heterocycles. The Kier molecular flexibility index (Phi) is 8.11. The van der Waals surface area contributed by atoms with E-state index in [-0.39, 0.29) is 41.8 Å². The van der Waals surface area contributed by atoms with E-state index in [1.54, 1.807) is 13.2 Å². The smallest absolute Gasteiger partial charge is 0.271 e. The minimum Gasteiger partial charge on any atom is -0.505 e. The average Bonchev–Trinajstić information content (AvgIpc) is 3.55. The summed E-state index contributed by atoms with van der Waals surface area (Å²) in [4.78, 5) is 39.3. The first-order chi connectivity index (χ1) is 21.3. The predicted molar refractivity (Wildman–Crippen MR) is 161 cm³/mol. The number of rotatable bonds is 9. The number of nitro benzene ring substituents is 1. The summed E-state index contributed by atoms with van der Waals surface area (Å²) < 4.78 is 26.0. The number of hydrogen-bond donors (Lipinski definition) is 1. The molecular formula is C34H31FN2O7. The number of carbonyl (C=O) groups is 2. The molecule has 44 heavy (non-hydrogen) atoms. The van der Waals surface area contributed by atoms with Crippen LogP contribution in [0, 0.1) is 33.7 Å². The van der Waals surface area contributed by atoms with E-state index in [9.17, 15) is 29.2 Å². The van der Waals surface area contributed by atoms with Crippen LogP contribution in [0.3, 0.4) is 0 Å². The lowest BCUT2D eigenvalue weighted by atomic mass is 9.69. The second kappa shape index (κ2) is 12.1. The topological polar surface area (TPSA) is 119 Å². The summed E-state index contributed by atoms with van der Waals surface area (Å²) in [5.74, 6) is -3.41. The number of carbonyl (C=O) groups excluding carboxylic acids is 2. The van der Waals surface area contributed by atoms with E-state index in [2.05, 4.69) is 0 Å². The number of nitro groups is 1. The zero-order valence-corrected chi connectivity index (χ0v) is 24.0. The molecule has 0 bridgehead atoms. The highest BCUT2D eigenvalue weighted by atomic mass is 19.1. The van der Waals surface area contributed by atoms with E-state index >= 15 is 0 Å². The van der Waals surface area contributed by atoms with Crippen molar-refractivity contribution in [2.45, 2.75) is 25.4 Å². The number of phenols is 1. The lowest BCUT2D eigenvalue weighted by molar-refractivity contribution is -0.384. The predicted octanol–water partition coefficient (Wildman–Crippen LogP) is 5.93. The van der Waals surface area contributed by atoms with E-state index < -0.39 is 28.3 Å². The minimum absolute atomic E-state index is 0.192. The van der Waals surface area contributed by atoms with Gasteiger partial charge in [-0.1, -0.05) is 48.5 Å². The number of methoxy groups -OCH3 is 1. The van der Waals surface area contributed by atoms with Crippen molar-refractivity contribution in [1.82, 2.24) is 0 Å². The molecule has 2 amide bonds. The molecule has 2 aliphatic heterocycles. The van der Waals surface area contributed by atoms with Gasteiger partial charge in [-0.2, -0.15) is 0 Å². The Balaban J connectivity index is 1.28. The van der Waals surface area contributed by atoms with Crippen LogP contribution in [-0.4, -0.2) is 48.3 Å². The van der Waals surface area contributed by atoms with Crippen LogP contribution < -0.4 is 4.90 Å². The molecule has 3 aliphatic rings. The van der Waals surface area contributed by atoms with Crippen molar-refractivity contribution in [3.63, 3.8) is 0 Å². The fraction of sp³-hybridized carbons (Fsp3) is 0.294. The summed E-state index contributed by atoms with van der Waals surface area (Å²) >= 11 is 0. The van der Waals surface area contributed by atoms with Crippen LogP contribution in [-0.2, 0) is 19.1 Å². The number of halogens is 1. The third-order valence-electron chi connectivity index (χ3n) is 8.76. The zero-order valence-electron chi connectivity index (χ0n) is 24.0. The Labute approximate surface area is 253 Å². The second-order valence-corrected chi connectivity index (χ2v) is 11.3. The van der Waals surface area contributed by atoms with Crippen molar-refractivity contribution in [3.05, 3.63) is 111 Å². The third-order valence-corrected chi connectivity index (χ3v) is 8.76. The van der Waals surface area contributed by atoms with Crippen molar-refractivity contribution in [2.24, 2.45) is 17.8 Å². The molecule has 10 heteroatoms. The summed E-state index contributed by atoms with van der Waals surface area (Å²) in [5, 5.41) is 21.0. The minimum atomic E-state index is -0.700. The van der Waals surface area contributed by atoms with Crippen molar-refractivity contribution in [3.8, 4) is 5.75 Å². The number of ether oxygens (including phenoxy) is 2. The first-order valence-corrected chi connectivity index (χ1v) is 14.5. The molecule has 0 aromatic heterocycles. The number of aromatic hydroxyl groups is 1. The van der Waals surface area contributed by atoms with Gasteiger partial charge in [0.1, 0.15) is 0 Å². The first kappa shape index (κ1) is 29.4. The number of phenolic OH excluding ortho intramolecular Hbond substituents is 1. The maximum Gasteiger partial charge on any atom is 0.271 e. The van der Waals surface area contributed by atoms with Gasteiger partial charge in [0.05, 0.1) is 41.8 Å². The Morgan fingerprint density at radius 1 is 1.09 bits per heavy atom. The number of imide groups is 1. The van der Waals surface area contributed by atoms with Crippen LogP contribution in [0.25, 0.3) is 11.6 Å². The van der Waals surface area contributed by atoms with Crippen LogP contribution in [0.5, 0.6) is 5.75 Å². The van der Waals surface area contributed by atoms with Gasteiger partial charge in [-0.15, -0.1) is 0 Å². The fourth-order valence-corrected chi connectivity index (χ4v) is 6.83. The van der Waals surface area contributed by atoms with Gasteiger partial charge in [0, 0.05) is 25.2 Å². The Bertz CT molecular complexity index is 1690. The van der Waals surface area contributed by atoms with Gasteiger partial charge in [-0.05, 0) is 65.3 Å². The zero-order chi connectivity index (χ0) is 31.0. The molecule has 2 heterocycles. The molecule has 0 unspecified atom stereocenters. The van der Waals surface area contributed by atoms with Crippen molar-refractivity contribution < 1.29 is 33.5 Å². The normalized spacial score (nSPS) is 23.2. The number of allylic oxidation sites excluding steroid dienone is 1. The molecule has 3 aromatic carbocycles. The molecule has 3 aromatic rings. The average molecular weight is 599 g/mol. The van der Waals surface area contributed by atoms with E-state index in [0.717, 1.165) is 27.2 Å². The lowest BCUT2D eigenvalue weighted by Gasteiger charge is -2.31. The van der Waals surface area contributed by atoms with E-state index in [1.165, 1.54) is 36.4 Å². The lowest BCUT2D eigenvalue weighted by Crippen LogP contribution is -2.35. The number of benzene rings is 3. The Morgan fingerprint density at radius 2 is 1.89 bits per heavy atom. The van der Waals surface area contributed by atoms with Crippen molar-refractivity contribution in [2.75, 3.05) is 25.2 Å². The highest BCUT2D eigenvalue weighted by Crippen LogP contribution is 2.51. The standard InChI is InChI=1S/C34H31FN2O7/c1-43-18-23-16-26-32(34(40)36(33(26)39)24-8-5-9-25(17-24)37(41)42)27-19-44-30(31(23)27)13-11-22(21-6-3-2-4-7-21)14-20-10-12-29(38)28(35)15-20/h2-10,12,14-15,17,26-27,30,32,38H,11,13,16,18-19H2,1H3/b22-14-/t26-,27+,30-,32-/m1/s1. The fourth-order valence-electron chi connectivity index (χ4n) is 6.83. The number of fused-ring (bicyclic) bond motifs is 3. The van der Waals surface area contributed by atoms with Crippen LogP contribution in [0.2, 0.25) is 0 Å². The first-order valence-electron chi connectivity index (χ1n) is 14.5. The molecule has 9 nitrogen and oxygen atoms in total. The van der Waals surface area contributed by atoms with Gasteiger partial charge >= 0.3 is 0 Å². The number of nitrogens with zero attached hydrogens (tertiary/aromatic N) is 2. The Morgan fingerprint density at radius 3 is 2.61 bits per heavy atom. The van der Waals surface area contributed by atoms with Crippen LogP contribution in [0.4, 0.5) is 15.8 Å². The molecule has 4 atom stereocenters. The molecule has 6 rings (SSSR count). The molecule has 0 radical (unpaired) electrons. The summed E-state index contributed by atoms with van der Waals surface area (Å²) in [6.45, 7) is 0.561. The van der Waals surface area contributed by atoms with Gasteiger partial charge in [0.2, 0.25) is 11.8 Å². The third kappa shape index (κ3) is 5.42. The van der Waals surface area contributed by atoms with Gasteiger partial charge in [-0.25, -0.2) is 9.29 Å². The van der Waals surface area contributed by atoms with Crippen LogP contribution >= 0.6 is 0 Å². The highest BCUT2D eigenvalue weighted by Gasteiger charge is 2.57. The molecule has 1 aliphatic carbocycles. The summed E-state index contributed by atoms with van der Waals surface area (Å²) in [5.41, 5.74) is 4.45. The summed E-state index contributed by atoms with van der Waals surface area (Å²) in [6, 6.07) is 19.6. The number of amides is 2. The van der Waals surface area contributed by atoms with Gasteiger partial charge < -0.3 is 14.6 Å². The van der Waals surface area contributed by atoms with E-state index in [0.29, 0.717) is 31.4 Å². The SMILES string of the molecule is COCC1=C2[C@@H](CC/C(=C/c3ccc(O)c(F)c3)c3ccccc3)OC[C@@H]2[C@@H]2C(=O)N(c3cccc([N+](=O)[O-])c3)C(=O)[C@@H]2C1. The largest absolute Gasteiger partial charge is 0.505 e. The van der Waals surface area contributed by atoms with Gasteiger partial charge in [0.25, 0.3) is 5.69 Å². The van der Waals surface area contributed by atoms with Crippen molar-refractivity contribution >= 4 is 34.8 Å². The molecule has 2 fully saturated rings. The maximum atomic E-state index is 14.1. The highest BCUT2D eigenvalue weighted by molar-refractivity contribution is 6.22. The second-order valence-electron chi connectivity index (χ2n) is 11.3. The summed E-state index contributed by atoms with van der Waals surface area (Å²) in [6.07, 6.45) is 3.07. The van der Waals surface area contributed by atoms with Crippen molar-refractivity contribution in [1.29, 1.82) is 0 Å². The van der Waals surface area contributed by atoms with Gasteiger partial charge in [0.15, 0.2) is 11.6 Å². The quantitative estimate of drug-likeness (QED) is 0.107. The van der Waals surface area contributed by atoms with Crippen LogP contribution in [0.1, 0.15) is 30.4 Å². The van der Waals surface area contributed by atoms with E-state index in [4.69, 9.17) is 9.47 Å². The molecular weight excluding hydrogens is 567 g/mol. The maximum absolute atomic E-state index is 14.1. The van der Waals surface area contributed by atoms with Crippen LogP contribution in [0.15, 0.2) is 83.9 Å². The number of hydrogen-bond acceptors (Lipinski definition) is 7. The van der Waals surface area contributed by atoms with E-state index in [1.807, 2.05) is 36.4 Å². The number of non-ortho nitro benzene ring substituents is 1. The summed E-state index contributed by atoms with van der Waals surface area (Å²) in [7, 11) is 1.59. The monoisotopic (exact) mass is 598 g/mol. The molecule has 0 spiro atoms. The molecule has 1 N–H and O–H groups in total. The number of anilines is 1. The molecule has 226 valence electrons.